The Hall–Kier alpha value is -1.74. The topological polar surface area (TPSA) is 42.4 Å². The highest BCUT2D eigenvalue weighted by Crippen LogP contribution is 2.30. The first-order valence-corrected chi connectivity index (χ1v) is 5.11. The molecule has 0 fully saturated rings. The summed E-state index contributed by atoms with van der Waals surface area (Å²) in [6.45, 7) is 1.88. The minimum absolute atomic E-state index is 0.167. The van der Waals surface area contributed by atoms with E-state index in [1.807, 2.05) is 13.0 Å². The zero-order chi connectivity index (χ0) is 11.5. The van der Waals surface area contributed by atoms with Gasteiger partial charge in [0.25, 0.3) is 0 Å². The molecule has 0 amide bonds. The maximum absolute atomic E-state index is 9.42. The van der Waals surface area contributed by atoms with Gasteiger partial charge in [0.1, 0.15) is 22.3 Å². The molecule has 0 saturated heterocycles. The number of ether oxygens (including phenoxy) is 1. The maximum Gasteiger partial charge on any atom is 0.149 e. The van der Waals surface area contributed by atoms with E-state index in [2.05, 4.69) is 4.98 Å². The first kappa shape index (κ1) is 10.8. The molecule has 0 bridgehead atoms. The van der Waals surface area contributed by atoms with Crippen LogP contribution < -0.4 is 4.74 Å². The fraction of sp³-hybridized carbons (Fsp3) is 0.0833. The Morgan fingerprint density at radius 1 is 1.31 bits per heavy atom. The van der Waals surface area contributed by atoms with E-state index in [0.717, 1.165) is 5.56 Å². The van der Waals surface area contributed by atoms with Crippen molar-refractivity contribution in [3.05, 3.63) is 47.2 Å². The molecule has 0 aliphatic heterocycles. The van der Waals surface area contributed by atoms with Crippen LogP contribution in [-0.4, -0.2) is 10.1 Å². The zero-order valence-electron chi connectivity index (χ0n) is 8.64. The summed E-state index contributed by atoms with van der Waals surface area (Å²) in [6.07, 6.45) is 3.10. The molecule has 1 N–H and O–H groups in total. The van der Waals surface area contributed by atoms with Crippen LogP contribution in [0.3, 0.4) is 0 Å². The van der Waals surface area contributed by atoms with Gasteiger partial charge in [0, 0.05) is 24.5 Å². The van der Waals surface area contributed by atoms with Crippen molar-refractivity contribution >= 4 is 11.6 Å². The van der Waals surface area contributed by atoms with Gasteiger partial charge < -0.3 is 9.84 Å². The zero-order valence-corrected chi connectivity index (χ0v) is 9.40. The Bertz CT molecular complexity index is 494. The number of rotatable bonds is 2. The molecule has 0 spiro atoms. The van der Waals surface area contributed by atoms with Gasteiger partial charge in [-0.05, 0) is 24.6 Å². The minimum Gasteiger partial charge on any atom is -0.508 e. The van der Waals surface area contributed by atoms with Gasteiger partial charge in [0.2, 0.25) is 0 Å². The number of halogens is 1. The Kier molecular flexibility index (Phi) is 2.97. The molecule has 3 nitrogen and oxygen atoms in total. The van der Waals surface area contributed by atoms with Crippen LogP contribution >= 0.6 is 11.6 Å². The average Bonchev–Trinajstić information content (AvgIpc) is 2.20. The largest absolute Gasteiger partial charge is 0.508 e. The number of nitrogens with zero attached hydrogens (tertiary/aromatic N) is 1. The van der Waals surface area contributed by atoms with Crippen LogP contribution in [0, 0.1) is 6.92 Å². The number of hydrogen-bond acceptors (Lipinski definition) is 3. The molecule has 4 heteroatoms. The molecule has 0 atom stereocenters. The normalized spacial score (nSPS) is 10.1. The molecule has 1 aromatic carbocycles. The van der Waals surface area contributed by atoms with Crippen molar-refractivity contribution in [2.24, 2.45) is 0 Å². The number of aryl methyl sites for hydroxylation is 1. The lowest BCUT2D eigenvalue weighted by Gasteiger charge is -2.08. The second-order valence-electron chi connectivity index (χ2n) is 3.41. The highest BCUT2D eigenvalue weighted by molar-refractivity contribution is 6.31. The molecule has 2 aromatic rings. The molecule has 0 aliphatic rings. The van der Waals surface area contributed by atoms with Crippen LogP contribution in [0.1, 0.15) is 5.56 Å². The summed E-state index contributed by atoms with van der Waals surface area (Å²) in [7, 11) is 0. The molecule has 0 unspecified atom stereocenters. The van der Waals surface area contributed by atoms with Crippen molar-refractivity contribution in [1.29, 1.82) is 0 Å². The molecule has 82 valence electrons. The summed E-state index contributed by atoms with van der Waals surface area (Å²) in [5.74, 6) is 1.23. The summed E-state index contributed by atoms with van der Waals surface area (Å²) in [6, 6.07) is 6.67. The fourth-order valence-corrected chi connectivity index (χ4v) is 1.52. The Balaban J connectivity index is 2.30. The van der Waals surface area contributed by atoms with Crippen molar-refractivity contribution < 1.29 is 9.84 Å². The van der Waals surface area contributed by atoms with Gasteiger partial charge in [-0.15, -0.1) is 0 Å². The van der Waals surface area contributed by atoms with Crippen molar-refractivity contribution in [2.45, 2.75) is 6.92 Å². The molecule has 0 aliphatic carbocycles. The Morgan fingerprint density at radius 3 is 2.81 bits per heavy atom. The fourth-order valence-electron chi connectivity index (χ4n) is 1.36. The Labute approximate surface area is 98.3 Å². The van der Waals surface area contributed by atoms with Crippen molar-refractivity contribution in [3.63, 3.8) is 0 Å². The van der Waals surface area contributed by atoms with E-state index in [4.69, 9.17) is 16.3 Å². The van der Waals surface area contributed by atoms with Crippen molar-refractivity contribution in [1.82, 2.24) is 4.98 Å². The molecule has 16 heavy (non-hydrogen) atoms. The average molecular weight is 236 g/mol. The van der Waals surface area contributed by atoms with Gasteiger partial charge in [-0.2, -0.15) is 0 Å². The van der Waals surface area contributed by atoms with Crippen LogP contribution in [0.5, 0.6) is 17.2 Å². The third kappa shape index (κ3) is 2.44. The molecular formula is C12H10ClNO2. The highest BCUT2D eigenvalue weighted by atomic mass is 35.5. The first-order chi connectivity index (χ1) is 7.65. The van der Waals surface area contributed by atoms with Crippen molar-refractivity contribution in [2.75, 3.05) is 0 Å². The SMILES string of the molecule is Cc1cc(O)cc(Oc2ccncc2Cl)c1. The number of phenols is 1. The number of pyridine rings is 1. The Morgan fingerprint density at radius 2 is 2.12 bits per heavy atom. The van der Waals surface area contributed by atoms with Crippen molar-refractivity contribution in [3.8, 4) is 17.2 Å². The van der Waals surface area contributed by atoms with E-state index in [1.54, 1.807) is 18.3 Å². The highest BCUT2D eigenvalue weighted by Gasteiger charge is 2.04. The molecule has 0 saturated carbocycles. The lowest BCUT2D eigenvalue weighted by Crippen LogP contribution is -1.86. The molecule has 1 aromatic heterocycles. The van der Waals surface area contributed by atoms with Crippen LogP contribution in [0.2, 0.25) is 5.02 Å². The third-order valence-corrected chi connectivity index (χ3v) is 2.28. The second-order valence-corrected chi connectivity index (χ2v) is 3.82. The standard InChI is InChI=1S/C12H10ClNO2/c1-8-4-9(15)6-10(5-8)16-12-2-3-14-7-11(12)13/h2-7,15H,1H3. The monoisotopic (exact) mass is 235 g/mol. The van der Waals surface area contributed by atoms with E-state index in [1.165, 1.54) is 12.3 Å². The van der Waals surface area contributed by atoms with Gasteiger partial charge in [-0.1, -0.05) is 11.6 Å². The number of aromatic nitrogens is 1. The summed E-state index contributed by atoms with van der Waals surface area (Å²) >= 11 is 5.90. The van der Waals surface area contributed by atoms with E-state index < -0.39 is 0 Å². The van der Waals surface area contributed by atoms with E-state index in [9.17, 15) is 5.11 Å². The quantitative estimate of drug-likeness (QED) is 0.866. The number of phenolic OH excluding ortho intramolecular Hbond substituents is 1. The van der Waals surface area contributed by atoms with E-state index in [-0.39, 0.29) is 5.75 Å². The van der Waals surface area contributed by atoms with E-state index >= 15 is 0 Å². The predicted molar refractivity (Wildman–Crippen MR) is 62.2 cm³/mol. The molecule has 0 radical (unpaired) electrons. The minimum atomic E-state index is 0.167. The summed E-state index contributed by atoms with van der Waals surface area (Å²) in [4.78, 5) is 3.86. The molecule has 1 heterocycles. The van der Waals surface area contributed by atoms with Gasteiger partial charge in [-0.3, -0.25) is 4.98 Å². The number of aromatic hydroxyl groups is 1. The summed E-state index contributed by atoms with van der Waals surface area (Å²) in [5.41, 5.74) is 0.917. The second kappa shape index (κ2) is 4.41. The van der Waals surface area contributed by atoms with Crippen LogP contribution in [0.15, 0.2) is 36.7 Å². The predicted octanol–water partition coefficient (Wildman–Crippen LogP) is 3.54. The summed E-state index contributed by atoms with van der Waals surface area (Å²) in [5, 5.41) is 9.85. The lowest BCUT2D eigenvalue weighted by atomic mass is 10.2. The van der Waals surface area contributed by atoms with Gasteiger partial charge in [0.15, 0.2) is 0 Å². The molecular weight excluding hydrogens is 226 g/mol. The van der Waals surface area contributed by atoms with Crippen LogP contribution in [-0.2, 0) is 0 Å². The van der Waals surface area contributed by atoms with Gasteiger partial charge in [0.05, 0.1) is 0 Å². The number of benzene rings is 1. The van der Waals surface area contributed by atoms with Gasteiger partial charge in [-0.25, -0.2) is 0 Å². The van der Waals surface area contributed by atoms with Gasteiger partial charge >= 0.3 is 0 Å². The smallest absolute Gasteiger partial charge is 0.149 e. The lowest BCUT2D eigenvalue weighted by molar-refractivity contribution is 0.454. The van der Waals surface area contributed by atoms with Crippen LogP contribution in [0.4, 0.5) is 0 Å². The first-order valence-electron chi connectivity index (χ1n) is 4.73. The maximum atomic E-state index is 9.42. The third-order valence-electron chi connectivity index (χ3n) is 2.00. The number of hydrogen-bond donors (Lipinski definition) is 1. The molecule has 2 rings (SSSR count). The van der Waals surface area contributed by atoms with E-state index in [0.29, 0.717) is 16.5 Å². The summed E-state index contributed by atoms with van der Waals surface area (Å²) < 4.78 is 5.54. The van der Waals surface area contributed by atoms with Crippen LogP contribution in [0.25, 0.3) is 0 Å².